The van der Waals surface area contributed by atoms with Gasteiger partial charge in [-0.3, -0.25) is 4.72 Å². The molecule has 4 nitrogen and oxygen atoms in total. The van der Waals surface area contributed by atoms with E-state index in [4.69, 9.17) is 0 Å². The fourth-order valence-corrected chi connectivity index (χ4v) is 2.52. The second kappa shape index (κ2) is 6.13. The predicted molar refractivity (Wildman–Crippen MR) is 83.3 cm³/mol. The maximum atomic E-state index is 13.2. The Labute approximate surface area is 124 Å². The van der Waals surface area contributed by atoms with Crippen molar-refractivity contribution < 1.29 is 12.8 Å². The Morgan fingerprint density at radius 3 is 2.24 bits per heavy atom. The molecule has 0 heterocycles. The fourth-order valence-electron chi connectivity index (χ4n) is 1.96. The zero-order chi connectivity index (χ0) is 15.5. The summed E-state index contributed by atoms with van der Waals surface area (Å²) in [6.45, 7) is 1.93. The van der Waals surface area contributed by atoms with E-state index in [0.717, 1.165) is 17.5 Å². The molecule has 0 radical (unpaired) electrons. The van der Waals surface area contributed by atoms with Crippen LogP contribution in [0.4, 0.5) is 15.8 Å². The molecule has 2 aromatic carbocycles. The van der Waals surface area contributed by atoms with Gasteiger partial charge in [-0.1, -0.05) is 12.1 Å². The van der Waals surface area contributed by atoms with Gasteiger partial charge in [0.15, 0.2) is 0 Å². The molecule has 112 valence electrons. The molecule has 21 heavy (non-hydrogen) atoms. The van der Waals surface area contributed by atoms with Crippen molar-refractivity contribution in [2.45, 2.75) is 13.0 Å². The summed E-state index contributed by atoms with van der Waals surface area (Å²) in [6.07, 6.45) is 1.10. The van der Waals surface area contributed by atoms with Crippen LogP contribution in [-0.2, 0) is 10.0 Å². The highest BCUT2D eigenvalue weighted by atomic mass is 32.2. The summed E-state index contributed by atoms with van der Waals surface area (Å²) in [5.41, 5.74) is 2.17. The predicted octanol–water partition coefficient (Wildman–Crippen LogP) is 3.37. The summed E-state index contributed by atoms with van der Waals surface area (Å²) in [5, 5.41) is 3.23. The van der Waals surface area contributed by atoms with Crippen molar-refractivity contribution >= 4 is 21.4 Å². The van der Waals surface area contributed by atoms with Crippen LogP contribution in [0.15, 0.2) is 48.5 Å². The van der Waals surface area contributed by atoms with E-state index in [0.29, 0.717) is 5.69 Å². The van der Waals surface area contributed by atoms with Gasteiger partial charge in [0.2, 0.25) is 10.0 Å². The Kier molecular flexibility index (Phi) is 4.47. The Balaban J connectivity index is 2.06. The number of halogens is 1. The van der Waals surface area contributed by atoms with Crippen molar-refractivity contribution in [1.82, 2.24) is 0 Å². The maximum Gasteiger partial charge on any atom is 0.229 e. The normalized spacial score (nSPS) is 12.7. The third kappa shape index (κ3) is 4.75. The second-order valence-electron chi connectivity index (χ2n) is 4.87. The van der Waals surface area contributed by atoms with Gasteiger partial charge < -0.3 is 5.32 Å². The van der Waals surface area contributed by atoms with Gasteiger partial charge in [-0.25, -0.2) is 12.8 Å². The lowest BCUT2D eigenvalue weighted by Crippen LogP contribution is -2.10. The molecule has 0 saturated carbocycles. The minimum atomic E-state index is -3.27. The number of rotatable bonds is 5. The Morgan fingerprint density at radius 2 is 1.67 bits per heavy atom. The molecular weight excluding hydrogens is 291 g/mol. The van der Waals surface area contributed by atoms with Gasteiger partial charge in [-0.2, -0.15) is 0 Å². The van der Waals surface area contributed by atoms with E-state index in [1.807, 2.05) is 13.0 Å². The number of nitrogens with one attached hydrogen (secondary N) is 2. The second-order valence-corrected chi connectivity index (χ2v) is 6.62. The molecule has 0 aliphatic heterocycles. The summed E-state index contributed by atoms with van der Waals surface area (Å²) in [4.78, 5) is 0. The third-order valence-electron chi connectivity index (χ3n) is 2.92. The Morgan fingerprint density at radius 1 is 1.05 bits per heavy atom. The molecule has 0 bridgehead atoms. The van der Waals surface area contributed by atoms with E-state index in [-0.39, 0.29) is 11.9 Å². The molecule has 0 aromatic heterocycles. The minimum absolute atomic E-state index is 0.0607. The molecular formula is C15H17FN2O2S. The van der Waals surface area contributed by atoms with Gasteiger partial charge in [0.25, 0.3) is 0 Å². The monoisotopic (exact) mass is 308 g/mol. The number of anilines is 2. The lowest BCUT2D eigenvalue weighted by atomic mass is 10.1. The molecule has 1 atom stereocenters. The highest BCUT2D eigenvalue weighted by Gasteiger charge is 2.07. The number of hydrogen-bond acceptors (Lipinski definition) is 3. The van der Waals surface area contributed by atoms with Crippen LogP contribution in [0.3, 0.4) is 0 Å². The van der Waals surface area contributed by atoms with E-state index in [2.05, 4.69) is 10.0 Å². The largest absolute Gasteiger partial charge is 0.379 e. The lowest BCUT2D eigenvalue weighted by molar-refractivity contribution is 0.607. The van der Waals surface area contributed by atoms with E-state index in [1.54, 1.807) is 30.3 Å². The molecule has 0 spiro atoms. The standard InChI is InChI=1S/C15H17FN2O2S/c1-11(12-4-3-5-13(16)10-12)17-14-6-8-15(9-7-14)18-21(2,19)20/h3-11,17-18H,1-2H3. The van der Waals surface area contributed by atoms with Gasteiger partial charge in [0.05, 0.1) is 6.26 Å². The summed E-state index contributed by atoms with van der Waals surface area (Å²) in [6, 6.07) is 13.2. The van der Waals surface area contributed by atoms with Crippen LogP contribution in [0.1, 0.15) is 18.5 Å². The smallest absolute Gasteiger partial charge is 0.229 e. The SMILES string of the molecule is CC(Nc1ccc(NS(C)(=O)=O)cc1)c1cccc(F)c1. The number of hydrogen-bond donors (Lipinski definition) is 2. The van der Waals surface area contributed by atoms with Gasteiger partial charge in [-0.15, -0.1) is 0 Å². The first-order valence-corrected chi connectivity index (χ1v) is 8.32. The van der Waals surface area contributed by atoms with Crippen LogP contribution in [0.5, 0.6) is 0 Å². The van der Waals surface area contributed by atoms with Gasteiger partial charge in [0.1, 0.15) is 5.82 Å². The molecule has 6 heteroatoms. The number of sulfonamides is 1. The van der Waals surface area contributed by atoms with Gasteiger partial charge in [0, 0.05) is 17.4 Å². The first-order chi connectivity index (χ1) is 9.83. The van der Waals surface area contributed by atoms with E-state index in [9.17, 15) is 12.8 Å². The topological polar surface area (TPSA) is 58.2 Å². The van der Waals surface area contributed by atoms with Crippen LogP contribution < -0.4 is 10.0 Å². The lowest BCUT2D eigenvalue weighted by Gasteiger charge is -2.16. The average Bonchev–Trinajstić information content (AvgIpc) is 2.39. The van der Waals surface area contributed by atoms with Crippen molar-refractivity contribution in [2.24, 2.45) is 0 Å². The molecule has 0 aliphatic carbocycles. The third-order valence-corrected chi connectivity index (χ3v) is 3.53. The van der Waals surface area contributed by atoms with Crippen LogP contribution >= 0.6 is 0 Å². The van der Waals surface area contributed by atoms with Crippen molar-refractivity contribution in [1.29, 1.82) is 0 Å². The van der Waals surface area contributed by atoms with Crippen molar-refractivity contribution in [3.05, 3.63) is 59.9 Å². The minimum Gasteiger partial charge on any atom is -0.379 e. The fraction of sp³-hybridized carbons (Fsp3) is 0.200. The van der Waals surface area contributed by atoms with Gasteiger partial charge >= 0.3 is 0 Å². The van der Waals surface area contributed by atoms with E-state index >= 15 is 0 Å². The molecule has 0 amide bonds. The van der Waals surface area contributed by atoms with E-state index in [1.165, 1.54) is 12.1 Å². The van der Waals surface area contributed by atoms with Crippen LogP contribution in [-0.4, -0.2) is 14.7 Å². The molecule has 2 rings (SSSR count). The van der Waals surface area contributed by atoms with Gasteiger partial charge in [-0.05, 0) is 48.9 Å². The Bertz CT molecular complexity index is 715. The van der Waals surface area contributed by atoms with Crippen molar-refractivity contribution in [2.75, 3.05) is 16.3 Å². The first-order valence-electron chi connectivity index (χ1n) is 6.43. The molecule has 0 fully saturated rings. The van der Waals surface area contributed by atoms with Crippen LogP contribution in [0.2, 0.25) is 0 Å². The summed E-state index contributed by atoms with van der Waals surface area (Å²) >= 11 is 0. The molecule has 0 saturated heterocycles. The van der Waals surface area contributed by atoms with Crippen molar-refractivity contribution in [3.8, 4) is 0 Å². The van der Waals surface area contributed by atoms with Crippen LogP contribution in [0, 0.1) is 5.82 Å². The highest BCUT2D eigenvalue weighted by molar-refractivity contribution is 7.92. The highest BCUT2D eigenvalue weighted by Crippen LogP contribution is 2.21. The summed E-state index contributed by atoms with van der Waals surface area (Å²) < 4.78 is 37.8. The zero-order valence-corrected chi connectivity index (χ0v) is 12.6. The maximum absolute atomic E-state index is 13.2. The quantitative estimate of drug-likeness (QED) is 0.890. The first kappa shape index (κ1) is 15.3. The molecule has 0 aliphatic rings. The van der Waals surface area contributed by atoms with E-state index < -0.39 is 10.0 Å². The molecule has 2 N–H and O–H groups in total. The summed E-state index contributed by atoms with van der Waals surface area (Å²) in [7, 11) is -3.27. The Hall–Kier alpha value is -2.08. The molecule has 2 aromatic rings. The zero-order valence-electron chi connectivity index (χ0n) is 11.8. The number of benzene rings is 2. The van der Waals surface area contributed by atoms with Crippen molar-refractivity contribution in [3.63, 3.8) is 0 Å². The average molecular weight is 308 g/mol. The summed E-state index contributed by atoms with van der Waals surface area (Å²) in [5.74, 6) is -0.270. The van der Waals surface area contributed by atoms with Crippen LogP contribution in [0.25, 0.3) is 0 Å². The molecule has 1 unspecified atom stereocenters.